The number of alkyl halides is 1. The van der Waals surface area contributed by atoms with Gasteiger partial charge in [0.1, 0.15) is 0 Å². The number of pyridine rings is 1. The summed E-state index contributed by atoms with van der Waals surface area (Å²) < 4.78 is 19.1. The summed E-state index contributed by atoms with van der Waals surface area (Å²) in [7, 11) is 0. The summed E-state index contributed by atoms with van der Waals surface area (Å²) >= 11 is 9.01. The molecule has 0 N–H and O–H groups in total. The van der Waals surface area contributed by atoms with E-state index >= 15 is 0 Å². The molecule has 6 heteroatoms. The zero-order valence-corrected chi connectivity index (χ0v) is 10.8. The molecule has 2 heterocycles. The van der Waals surface area contributed by atoms with E-state index in [1.807, 2.05) is 4.90 Å². The van der Waals surface area contributed by atoms with Gasteiger partial charge in [-0.1, -0.05) is 27.5 Å². The maximum Gasteiger partial charge on any atom is 0.167 e. The summed E-state index contributed by atoms with van der Waals surface area (Å²) in [5.74, 6) is -0.0404. The van der Waals surface area contributed by atoms with Gasteiger partial charge < -0.3 is 9.64 Å². The summed E-state index contributed by atoms with van der Waals surface area (Å²) in [5, 5.41) is 1.05. The molecule has 3 nitrogen and oxygen atoms in total. The molecule has 0 aliphatic carbocycles. The van der Waals surface area contributed by atoms with E-state index in [1.165, 1.54) is 12.3 Å². The third kappa shape index (κ3) is 2.64. The van der Waals surface area contributed by atoms with E-state index in [1.54, 1.807) is 0 Å². The molecule has 0 saturated carbocycles. The molecular weight excluding hydrogens is 298 g/mol. The Labute approximate surface area is 107 Å². The lowest BCUT2D eigenvalue weighted by molar-refractivity contribution is 0.0565. The van der Waals surface area contributed by atoms with Gasteiger partial charge in [-0.2, -0.15) is 0 Å². The van der Waals surface area contributed by atoms with Gasteiger partial charge >= 0.3 is 0 Å². The number of nitrogens with zero attached hydrogens (tertiary/aromatic N) is 2. The Balaban J connectivity index is 2.16. The van der Waals surface area contributed by atoms with E-state index in [2.05, 4.69) is 20.9 Å². The third-order valence-electron chi connectivity index (χ3n) is 2.40. The van der Waals surface area contributed by atoms with E-state index in [4.69, 9.17) is 16.3 Å². The Kier molecular flexibility index (Phi) is 4.00. The minimum absolute atomic E-state index is 0.0747. The fourth-order valence-electron chi connectivity index (χ4n) is 1.65. The number of anilines is 1. The second-order valence-electron chi connectivity index (χ2n) is 3.55. The van der Waals surface area contributed by atoms with Gasteiger partial charge in [0.15, 0.2) is 11.6 Å². The number of halogens is 3. The molecule has 0 bridgehead atoms. The fourth-order valence-corrected chi connectivity index (χ4v) is 2.18. The average molecular weight is 310 g/mol. The molecule has 1 aromatic rings. The zero-order chi connectivity index (χ0) is 11.5. The maximum atomic E-state index is 13.6. The Morgan fingerprint density at radius 1 is 1.69 bits per heavy atom. The Morgan fingerprint density at radius 3 is 3.19 bits per heavy atom. The van der Waals surface area contributed by atoms with Gasteiger partial charge in [-0.3, -0.25) is 0 Å². The number of hydrogen-bond acceptors (Lipinski definition) is 3. The molecule has 16 heavy (non-hydrogen) atoms. The van der Waals surface area contributed by atoms with Gasteiger partial charge in [0, 0.05) is 24.6 Å². The van der Waals surface area contributed by atoms with E-state index in [9.17, 15) is 4.39 Å². The predicted octanol–water partition coefficient (Wildman–Crippen LogP) is 2.47. The number of ether oxygens (including phenoxy) is 1. The van der Waals surface area contributed by atoms with Crippen molar-refractivity contribution in [2.75, 3.05) is 29.9 Å². The molecule has 0 aromatic carbocycles. The zero-order valence-electron chi connectivity index (χ0n) is 8.50. The van der Waals surface area contributed by atoms with Crippen molar-refractivity contribution < 1.29 is 9.13 Å². The average Bonchev–Trinajstić information content (AvgIpc) is 2.29. The van der Waals surface area contributed by atoms with Crippen molar-refractivity contribution in [3.05, 3.63) is 23.1 Å². The summed E-state index contributed by atoms with van der Waals surface area (Å²) in [4.78, 5) is 5.89. The van der Waals surface area contributed by atoms with Gasteiger partial charge in [-0.05, 0) is 6.07 Å². The maximum absolute atomic E-state index is 13.6. The molecule has 1 unspecified atom stereocenters. The number of morpholine rings is 1. The van der Waals surface area contributed by atoms with Crippen molar-refractivity contribution in [3.8, 4) is 0 Å². The normalized spacial score (nSPS) is 21.2. The highest BCUT2D eigenvalue weighted by molar-refractivity contribution is 9.09. The number of rotatable bonds is 2. The predicted molar refractivity (Wildman–Crippen MR) is 65.0 cm³/mol. The summed E-state index contributed by atoms with van der Waals surface area (Å²) in [5.41, 5.74) is 0. The smallest absolute Gasteiger partial charge is 0.167 e. The lowest BCUT2D eigenvalue weighted by Crippen LogP contribution is -2.44. The molecule has 1 fully saturated rings. The first-order valence-corrected chi connectivity index (χ1v) is 6.44. The molecule has 88 valence electrons. The van der Waals surface area contributed by atoms with Gasteiger partial charge in [-0.15, -0.1) is 0 Å². The van der Waals surface area contributed by atoms with Crippen LogP contribution in [0.25, 0.3) is 0 Å². The van der Waals surface area contributed by atoms with Crippen molar-refractivity contribution in [2.45, 2.75) is 6.10 Å². The Hall–Kier alpha value is -0.390. The van der Waals surface area contributed by atoms with Crippen LogP contribution in [0.15, 0.2) is 12.3 Å². The van der Waals surface area contributed by atoms with Crippen LogP contribution < -0.4 is 4.90 Å². The molecule has 1 aliphatic heterocycles. The molecule has 1 saturated heterocycles. The molecule has 1 atom stereocenters. The van der Waals surface area contributed by atoms with E-state index in [0.29, 0.717) is 30.5 Å². The van der Waals surface area contributed by atoms with Gasteiger partial charge in [0.05, 0.1) is 17.7 Å². The van der Waals surface area contributed by atoms with Crippen LogP contribution in [0.5, 0.6) is 0 Å². The van der Waals surface area contributed by atoms with Crippen molar-refractivity contribution in [1.29, 1.82) is 0 Å². The monoisotopic (exact) mass is 308 g/mol. The van der Waals surface area contributed by atoms with Crippen molar-refractivity contribution in [1.82, 2.24) is 4.98 Å². The third-order valence-corrected chi connectivity index (χ3v) is 3.33. The second kappa shape index (κ2) is 5.29. The van der Waals surface area contributed by atoms with Gasteiger partial charge in [0.2, 0.25) is 0 Å². The summed E-state index contributed by atoms with van der Waals surface area (Å²) in [6, 6.07) is 1.28. The topological polar surface area (TPSA) is 25.4 Å². The highest BCUT2D eigenvalue weighted by Crippen LogP contribution is 2.21. The molecular formula is C10H11BrClFN2O. The van der Waals surface area contributed by atoms with Crippen molar-refractivity contribution in [2.24, 2.45) is 0 Å². The molecule has 1 aromatic heterocycles. The van der Waals surface area contributed by atoms with Crippen LogP contribution in [0.2, 0.25) is 5.02 Å². The standard InChI is InChI=1S/C10H11BrClFN2O/c11-4-8-6-15(1-2-16-8)10-9(13)3-7(12)5-14-10/h3,5,8H,1-2,4,6H2. The van der Waals surface area contributed by atoms with Crippen LogP contribution in [-0.4, -0.2) is 36.1 Å². The summed E-state index contributed by atoms with van der Waals surface area (Å²) in [6.07, 6.45) is 1.53. The molecule has 0 spiro atoms. The number of hydrogen-bond donors (Lipinski definition) is 0. The SMILES string of the molecule is Fc1cc(Cl)cnc1N1CCOC(CBr)C1. The van der Waals surface area contributed by atoms with Gasteiger partial charge in [0.25, 0.3) is 0 Å². The molecule has 0 radical (unpaired) electrons. The minimum Gasteiger partial charge on any atom is -0.374 e. The van der Waals surface area contributed by atoms with Crippen molar-refractivity contribution >= 4 is 33.3 Å². The summed E-state index contributed by atoms with van der Waals surface area (Å²) in [6.45, 7) is 1.87. The van der Waals surface area contributed by atoms with Crippen LogP contribution in [0.1, 0.15) is 0 Å². The molecule has 2 rings (SSSR count). The molecule has 0 amide bonds. The van der Waals surface area contributed by atoms with Crippen LogP contribution in [0, 0.1) is 5.82 Å². The van der Waals surface area contributed by atoms with E-state index in [-0.39, 0.29) is 11.9 Å². The lowest BCUT2D eigenvalue weighted by Gasteiger charge is -2.33. The first-order chi connectivity index (χ1) is 7.70. The Bertz CT molecular complexity index is 380. The number of aromatic nitrogens is 1. The van der Waals surface area contributed by atoms with Crippen LogP contribution in [0.3, 0.4) is 0 Å². The van der Waals surface area contributed by atoms with Crippen LogP contribution in [0.4, 0.5) is 10.2 Å². The van der Waals surface area contributed by atoms with Crippen molar-refractivity contribution in [3.63, 3.8) is 0 Å². The largest absolute Gasteiger partial charge is 0.374 e. The van der Waals surface area contributed by atoms with E-state index in [0.717, 1.165) is 5.33 Å². The minimum atomic E-state index is -0.386. The Morgan fingerprint density at radius 2 is 2.50 bits per heavy atom. The highest BCUT2D eigenvalue weighted by Gasteiger charge is 2.22. The first-order valence-electron chi connectivity index (χ1n) is 4.94. The highest BCUT2D eigenvalue weighted by atomic mass is 79.9. The fraction of sp³-hybridized carbons (Fsp3) is 0.500. The van der Waals surface area contributed by atoms with Crippen LogP contribution in [-0.2, 0) is 4.74 Å². The second-order valence-corrected chi connectivity index (χ2v) is 4.64. The first kappa shape index (κ1) is 12.1. The lowest BCUT2D eigenvalue weighted by atomic mass is 10.3. The van der Waals surface area contributed by atoms with Gasteiger partial charge in [-0.25, -0.2) is 9.37 Å². The van der Waals surface area contributed by atoms with Crippen LogP contribution >= 0.6 is 27.5 Å². The quantitative estimate of drug-likeness (QED) is 0.785. The molecule has 1 aliphatic rings. The van der Waals surface area contributed by atoms with E-state index < -0.39 is 0 Å².